The topological polar surface area (TPSA) is 60.9 Å². The van der Waals surface area contributed by atoms with Crippen LogP contribution in [0.1, 0.15) is 56.2 Å². The van der Waals surface area contributed by atoms with E-state index in [0.29, 0.717) is 0 Å². The van der Waals surface area contributed by atoms with E-state index in [9.17, 15) is 5.11 Å². The minimum absolute atomic E-state index is 0. The van der Waals surface area contributed by atoms with E-state index in [2.05, 4.69) is 48.4 Å². The number of aromatic nitrogens is 2. The molecule has 2 aromatic rings. The molecule has 1 heterocycles. The van der Waals surface area contributed by atoms with Crippen molar-refractivity contribution >= 4 is 12.4 Å². The van der Waals surface area contributed by atoms with Gasteiger partial charge in [0, 0.05) is 29.8 Å². The molecule has 0 aliphatic heterocycles. The summed E-state index contributed by atoms with van der Waals surface area (Å²) in [5, 5.41) is 20.2. The Morgan fingerprint density at radius 1 is 1.18 bits per heavy atom. The SMILES string of the molecule is CC(O)c1ccc(CNCc2cn[nH]c2C(C)(C)C)cc1.Cl. The van der Waals surface area contributed by atoms with Crippen molar-refractivity contribution in [3.8, 4) is 0 Å². The average Bonchev–Trinajstić information content (AvgIpc) is 2.88. The summed E-state index contributed by atoms with van der Waals surface area (Å²) in [6.45, 7) is 9.91. The summed E-state index contributed by atoms with van der Waals surface area (Å²) in [5.41, 5.74) is 4.62. The van der Waals surface area contributed by atoms with Gasteiger partial charge in [0.05, 0.1) is 12.3 Å². The van der Waals surface area contributed by atoms with E-state index in [-0.39, 0.29) is 17.8 Å². The number of hydrogen-bond acceptors (Lipinski definition) is 3. The van der Waals surface area contributed by atoms with E-state index >= 15 is 0 Å². The van der Waals surface area contributed by atoms with Gasteiger partial charge in [-0.3, -0.25) is 5.10 Å². The Kier molecular flexibility index (Phi) is 6.60. The van der Waals surface area contributed by atoms with Gasteiger partial charge in [0.15, 0.2) is 0 Å². The van der Waals surface area contributed by atoms with E-state index in [0.717, 1.165) is 18.7 Å². The summed E-state index contributed by atoms with van der Waals surface area (Å²) in [6.07, 6.45) is 1.48. The fraction of sp³-hybridized carbons (Fsp3) is 0.471. The maximum Gasteiger partial charge on any atom is 0.0761 e. The molecule has 0 aliphatic rings. The molecular formula is C17H26ClN3O. The first-order chi connectivity index (χ1) is 9.88. The molecule has 3 N–H and O–H groups in total. The third-order valence-electron chi connectivity index (χ3n) is 3.57. The number of H-pyrrole nitrogens is 1. The Balaban J connectivity index is 0.00000242. The van der Waals surface area contributed by atoms with Crippen LogP contribution >= 0.6 is 12.4 Å². The number of nitrogens with zero attached hydrogens (tertiary/aromatic N) is 1. The first-order valence-corrected chi connectivity index (χ1v) is 7.38. The quantitative estimate of drug-likeness (QED) is 0.789. The predicted octanol–water partition coefficient (Wildman–Crippen LogP) is 3.47. The van der Waals surface area contributed by atoms with Crippen molar-refractivity contribution in [3.05, 3.63) is 52.8 Å². The number of halogens is 1. The van der Waals surface area contributed by atoms with Gasteiger partial charge in [0.1, 0.15) is 0 Å². The van der Waals surface area contributed by atoms with Gasteiger partial charge in [-0.15, -0.1) is 12.4 Å². The molecule has 0 radical (unpaired) electrons. The molecule has 1 aromatic heterocycles. The van der Waals surface area contributed by atoms with Crippen LogP contribution in [-0.2, 0) is 18.5 Å². The number of benzene rings is 1. The van der Waals surface area contributed by atoms with E-state index in [1.165, 1.54) is 16.8 Å². The molecule has 1 unspecified atom stereocenters. The van der Waals surface area contributed by atoms with Crippen LogP contribution in [0.2, 0.25) is 0 Å². The van der Waals surface area contributed by atoms with Crippen LogP contribution in [0.5, 0.6) is 0 Å². The smallest absolute Gasteiger partial charge is 0.0761 e. The summed E-state index contributed by atoms with van der Waals surface area (Å²) < 4.78 is 0. The highest BCUT2D eigenvalue weighted by Gasteiger charge is 2.19. The van der Waals surface area contributed by atoms with Gasteiger partial charge in [-0.2, -0.15) is 5.10 Å². The number of nitrogens with one attached hydrogen (secondary N) is 2. The molecule has 2 rings (SSSR count). The Hall–Kier alpha value is -1.36. The highest BCUT2D eigenvalue weighted by atomic mass is 35.5. The third kappa shape index (κ3) is 4.83. The van der Waals surface area contributed by atoms with Gasteiger partial charge in [-0.25, -0.2) is 0 Å². The van der Waals surface area contributed by atoms with Gasteiger partial charge < -0.3 is 10.4 Å². The minimum Gasteiger partial charge on any atom is -0.389 e. The van der Waals surface area contributed by atoms with E-state index in [4.69, 9.17) is 0 Å². The van der Waals surface area contributed by atoms with Crippen LogP contribution < -0.4 is 5.32 Å². The zero-order chi connectivity index (χ0) is 15.5. The minimum atomic E-state index is -0.410. The Bertz CT molecular complexity index is 570. The van der Waals surface area contributed by atoms with Gasteiger partial charge in [-0.1, -0.05) is 45.0 Å². The van der Waals surface area contributed by atoms with Gasteiger partial charge in [0.25, 0.3) is 0 Å². The Morgan fingerprint density at radius 3 is 2.36 bits per heavy atom. The molecule has 122 valence electrons. The van der Waals surface area contributed by atoms with E-state index in [1.807, 2.05) is 18.3 Å². The fourth-order valence-corrected chi connectivity index (χ4v) is 2.35. The highest BCUT2D eigenvalue weighted by Crippen LogP contribution is 2.23. The molecule has 22 heavy (non-hydrogen) atoms. The second-order valence-corrected chi connectivity index (χ2v) is 6.54. The van der Waals surface area contributed by atoms with Crippen LogP contribution in [0.3, 0.4) is 0 Å². The molecule has 1 aromatic carbocycles. The lowest BCUT2D eigenvalue weighted by Crippen LogP contribution is -2.19. The molecule has 0 saturated carbocycles. The molecular weight excluding hydrogens is 298 g/mol. The van der Waals surface area contributed by atoms with Crippen LogP contribution in [0, 0.1) is 0 Å². The summed E-state index contributed by atoms with van der Waals surface area (Å²) in [4.78, 5) is 0. The van der Waals surface area contributed by atoms with Crippen LogP contribution in [0.15, 0.2) is 30.5 Å². The van der Waals surface area contributed by atoms with Crippen LogP contribution in [0.25, 0.3) is 0 Å². The van der Waals surface area contributed by atoms with Crippen molar-refractivity contribution in [2.45, 2.75) is 52.3 Å². The monoisotopic (exact) mass is 323 g/mol. The number of aromatic amines is 1. The normalized spacial score (nSPS) is 12.8. The second-order valence-electron chi connectivity index (χ2n) is 6.54. The zero-order valence-electron chi connectivity index (χ0n) is 13.7. The molecule has 1 atom stereocenters. The molecule has 5 heteroatoms. The number of aliphatic hydroxyl groups is 1. The third-order valence-corrected chi connectivity index (χ3v) is 3.57. The number of hydrogen-bond donors (Lipinski definition) is 3. The van der Waals surface area contributed by atoms with E-state index in [1.54, 1.807) is 6.92 Å². The standard InChI is InChI=1S/C17H25N3O.ClH/c1-12(21)14-7-5-13(6-8-14)9-18-10-15-11-19-20-16(15)17(2,3)4;/h5-8,11-12,18,21H,9-10H2,1-4H3,(H,19,20);1H. The van der Waals surface area contributed by atoms with Gasteiger partial charge >= 0.3 is 0 Å². The van der Waals surface area contributed by atoms with Crippen molar-refractivity contribution in [1.82, 2.24) is 15.5 Å². The second kappa shape index (κ2) is 7.77. The fourth-order valence-electron chi connectivity index (χ4n) is 2.35. The summed E-state index contributed by atoms with van der Waals surface area (Å²) in [7, 11) is 0. The predicted molar refractivity (Wildman–Crippen MR) is 92.2 cm³/mol. The molecule has 0 bridgehead atoms. The molecule has 0 aliphatic carbocycles. The number of aliphatic hydroxyl groups excluding tert-OH is 1. The first kappa shape index (κ1) is 18.7. The van der Waals surface area contributed by atoms with Gasteiger partial charge in [-0.05, 0) is 18.1 Å². The maximum atomic E-state index is 9.50. The highest BCUT2D eigenvalue weighted by molar-refractivity contribution is 5.85. The lowest BCUT2D eigenvalue weighted by Gasteiger charge is -2.18. The van der Waals surface area contributed by atoms with Crippen molar-refractivity contribution in [1.29, 1.82) is 0 Å². The van der Waals surface area contributed by atoms with Gasteiger partial charge in [0.2, 0.25) is 0 Å². The lowest BCUT2D eigenvalue weighted by molar-refractivity contribution is 0.199. The largest absolute Gasteiger partial charge is 0.389 e. The van der Waals surface area contributed by atoms with Crippen molar-refractivity contribution in [2.24, 2.45) is 0 Å². The van der Waals surface area contributed by atoms with Crippen molar-refractivity contribution in [3.63, 3.8) is 0 Å². The van der Waals surface area contributed by atoms with Crippen LogP contribution in [0.4, 0.5) is 0 Å². The van der Waals surface area contributed by atoms with E-state index < -0.39 is 6.10 Å². The Labute approximate surface area is 138 Å². The maximum absolute atomic E-state index is 9.50. The zero-order valence-corrected chi connectivity index (χ0v) is 14.5. The van der Waals surface area contributed by atoms with Crippen molar-refractivity contribution < 1.29 is 5.11 Å². The van der Waals surface area contributed by atoms with Crippen LogP contribution in [-0.4, -0.2) is 15.3 Å². The Morgan fingerprint density at radius 2 is 1.82 bits per heavy atom. The molecule has 0 saturated heterocycles. The summed E-state index contributed by atoms with van der Waals surface area (Å²) in [6, 6.07) is 8.05. The van der Waals surface area contributed by atoms with Crippen molar-refractivity contribution in [2.75, 3.05) is 0 Å². The molecule has 0 fully saturated rings. The first-order valence-electron chi connectivity index (χ1n) is 7.38. The molecule has 0 amide bonds. The summed E-state index contributed by atoms with van der Waals surface area (Å²) >= 11 is 0. The average molecular weight is 324 g/mol. The lowest BCUT2D eigenvalue weighted by atomic mass is 9.89. The molecule has 4 nitrogen and oxygen atoms in total. The number of rotatable bonds is 5. The summed E-state index contributed by atoms with van der Waals surface area (Å²) in [5.74, 6) is 0. The molecule has 0 spiro atoms.